The SMILES string of the molecule is COc1ccc(/C=C/C(=O)N2CCN(c3nc4ccc(Cl)cc4s3)CC2)cc1OC. The second-order valence-electron chi connectivity index (χ2n) is 6.87. The van der Waals surface area contributed by atoms with E-state index in [0.717, 1.165) is 39.0 Å². The van der Waals surface area contributed by atoms with Gasteiger partial charge in [0.1, 0.15) is 0 Å². The van der Waals surface area contributed by atoms with Crippen LogP contribution >= 0.6 is 22.9 Å². The van der Waals surface area contributed by atoms with Crippen LogP contribution in [0.4, 0.5) is 5.13 Å². The van der Waals surface area contributed by atoms with Gasteiger partial charge in [-0.3, -0.25) is 4.79 Å². The van der Waals surface area contributed by atoms with E-state index in [1.807, 2.05) is 41.3 Å². The Bertz CT molecular complexity index is 1090. The average Bonchev–Trinajstić information content (AvgIpc) is 3.20. The summed E-state index contributed by atoms with van der Waals surface area (Å²) < 4.78 is 11.6. The number of ether oxygens (including phenoxy) is 2. The van der Waals surface area contributed by atoms with Crippen LogP contribution in [-0.2, 0) is 4.79 Å². The monoisotopic (exact) mass is 443 g/mol. The van der Waals surface area contributed by atoms with Crippen LogP contribution in [0.2, 0.25) is 5.02 Å². The highest BCUT2D eigenvalue weighted by molar-refractivity contribution is 7.22. The fourth-order valence-electron chi connectivity index (χ4n) is 3.37. The van der Waals surface area contributed by atoms with Gasteiger partial charge in [-0.1, -0.05) is 29.0 Å². The number of methoxy groups -OCH3 is 2. The molecule has 1 amide bonds. The molecule has 1 saturated heterocycles. The number of aromatic nitrogens is 1. The van der Waals surface area contributed by atoms with Crippen LogP contribution in [0.3, 0.4) is 0 Å². The van der Waals surface area contributed by atoms with Crippen LogP contribution < -0.4 is 14.4 Å². The molecule has 0 saturated carbocycles. The summed E-state index contributed by atoms with van der Waals surface area (Å²) in [4.78, 5) is 21.4. The third kappa shape index (κ3) is 4.37. The molecule has 0 spiro atoms. The summed E-state index contributed by atoms with van der Waals surface area (Å²) in [5.41, 5.74) is 1.84. The number of carbonyl (C=O) groups excluding carboxylic acids is 1. The molecule has 1 aliphatic heterocycles. The van der Waals surface area contributed by atoms with Crippen LogP contribution in [0, 0.1) is 0 Å². The molecular formula is C22H22ClN3O3S. The van der Waals surface area contributed by atoms with E-state index < -0.39 is 0 Å². The van der Waals surface area contributed by atoms with E-state index in [4.69, 9.17) is 26.1 Å². The third-order valence-electron chi connectivity index (χ3n) is 5.03. The highest BCUT2D eigenvalue weighted by atomic mass is 35.5. The fraction of sp³-hybridized carbons (Fsp3) is 0.273. The highest BCUT2D eigenvalue weighted by Gasteiger charge is 2.22. The van der Waals surface area contributed by atoms with Crippen LogP contribution in [-0.4, -0.2) is 56.2 Å². The molecule has 0 atom stereocenters. The normalized spacial score (nSPS) is 14.5. The Morgan fingerprint density at radius 3 is 2.57 bits per heavy atom. The van der Waals surface area contributed by atoms with Crippen LogP contribution in [0.5, 0.6) is 11.5 Å². The van der Waals surface area contributed by atoms with E-state index in [-0.39, 0.29) is 5.91 Å². The van der Waals surface area contributed by atoms with Crippen molar-refractivity contribution >= 4 is 50.3 Å². The summed E-state index contributed by atoms with van der Waals surface area (Å²) in [5.74, 6) is 1.30. The van der Waals surface area contributed by atoms with Gasteiger partial charge < -0.3 is 19.3 Å². The second kappa shape index (κ2) is 8.93. The maximum atomic E-state index is 12.6. The second-order valence-corrected chi connectivity index (χ2v) is 8.31. The number of carbonyl (C=O) groups is 1. The summed E-state index contributed by atoms with van der Waals surface area (Å²) in [6, 6.07) is 11.3. The molecule has 30 heavy (non-hydrogen) atoms. The summed E-state index contributed by atoms with van der Waals surface area (Å²) in [5, 5.41) is 1.69. The molecule has 0 N–H and O–H groups in total. The highest BCUT2D eigenvalue weighted by Crippen LogP contribution is 2.31. The Labute approximate surface area is 184 Å². The van der Waals surface area contributed by atoms with Gasteiger partial charge in [0.15, 0.2) is 16.6 Å². The largest absolute Gasteiger partial charge is 0.493 e. The van der Waals surface area contributed by atoms with E-state index >= 15 is 0 Å². The number of halogens is 1. The van der Waals surface area contributed by atoms with E-state index in [1.54, 1.807) is 37.7 Å². The molecule has 6 nitrogen and oxygen atoms in total. The molecule has 0 bridgehead atoms. The number of fused-ring (bicyclic) bond motifs is 1. The van der Waals surface area contributed by atoms with Crippen molar-refractivity contribution in [3.05, 3.63) is 53.1 Å². The maximum Gasteiger partial charge on any atom is 0.246 e. The summed E-state index contributed by atoms with van der Waals surface area (Å²) in [7, 11) is 3.19. The van der Waals surface area contributed by atoms with Gasteiger partial charge in [0.05, 0.1) is 24.4 Å². The first kappa shape index (κ1) is 20.5. The van der Waals surface area contributed by atoms with Gasteiger partial charge in [0, 0.05) is 37.3 Å². The first-order valence-electron chi connectivity index (χ1n) is 9.57. The zero-order valence-electron chi connectivity index (χ0n) is 16.8. The number of thiazole rings is 1. The smallest absolute Gasteiger partial charge is 0.246 e. The molecule has 156 valence electrons. The van der Waals surface area contributed by atoms with Gasteiger partial charge in [0.25, 0.3) is 0 Å². The van der Waals surface area contributed by atoms with Crippen molar-refractivity contribution in [2.75, 3.05) is 45.3 Å². The molecule has 0 unspecified atom stereocenters. The number of benzene rings is 2. The molecular weight excluding hydrogens is 422 g/mol. The molecule has 8 heteroatoms. The zero-order chi connectivity index (χ0) is 21.1. The van der Waals surface area contributed by atoms with Crippen molar-refractivity contribution in [3.63, 3.8) is 0 Å². The molecule has 1 fully saturated rings. The number of nitrogens with zero attached hydrogens (tertiary/aromatic N) is 3. The molecule has 3 aromatic rings. The molecule has 4 rings (SSSR count). The standard InChI is InChI=1S/C22H22ClN3O3S/c1-28-18-7-3-15(13-19(18)29-2)4-8-21(27)25-9-11-26(12-10-25)22-24-17-6-5-16(23)14-20(17)30-22/h3-8,13-14H,9-12H2,1-2H3/b8-4+. The van der Waals surface area contributed by atoms with Crippen molar-refractivity contribution in [1.29, 1.82) is 0 Å². The van der Waals surface area contributed by atoms with Gasteiger partial charge in [0.2, 0.25) is 5.91 Å². The van der Waals surface area contributed by atoms with Gasteiger partial charge in [-0.05, 0) is 42.0 Å². The van der Waals surface area contributed by atoms with Crippen LogP contribution in [0.15, 0.2) is 42.5 Å². The lowest BCUT2D eigenvalue weighted by Crippen LogP contribution is -2.48. The Kier molecular flexibility index (Phi) is 6.11. The maximum absolute atomic E-state index is 12.6. The Hall–Kier alpha value is -2.77. The zero-order valence-corrected chi connectivity index (χ0v) is 18.4. The minimum atomic E-state index is 0.000478. The van der Waals surface area contributed by atoms with Crippen molar-refractivity contribution in [2.45, 2.75) is 0 Å². The van der Waals surface area contributed by atoms with E-state index in [9.17, 15) is 4.79 Å². The molecule has 1 aliphatic rings. The lowest BCUT2D eigenvalue weighted by atomic mass is 10.2. The number of anilines is 1. The Balaban J connectivity index is 1.37. The average molecular weight is 444 g/mol. The summed E-state index contributed by atoms with van der Waals surface area (Å²) >= 11 is 7.71. The lowest BCUT2D eigenvalue weighted by molar-refractivity contribution is -0.126. The van der Waals surface area contributed by atoms with E-state index in [2.05, 4.69) is 4.90 Å². The summed E-state index contributed by atoms with van der Waals surface area (Å²) in [6.07, 6.45) is 3.41. The van der Waals surface area contributed by atoms with E-state index in [0.29, 0.717) is 24.6 Å². The fourth-order valence-corrected chi connectivity index (χ4v) is 4.66. The first-order chi connectivity index (χ1) is 14.6. The third-order valence-corrected chi connectivity index (χ3v) is 6.34. The Morgan fingerprint density at radius 1 is 1.07 bits per heavy atom. The number of hydrogen-bond acceptors (Lipinski definition) is 6. The molecule has 2 heterocycles. The van der Waals surface area contributed by atoms with Crippen molar-refractivity contribution < 1.29 is 14.3 Å². The van der Waals surface area contributed by atoms with E-state index in [1.165, 1.54) is 0 Å². The number of amides is 1. The Morgan fingerprint density at radius 2 is 1.83 bits per heavy atom. The van der Waals surface area contributed by atoms with Gasteiger partial charge >= 0.3 is 0 Å². The predicted octanol–water partition coefficient (Wildman–Crippen LogP) is 4.33. The van der Waals surface area contributed by atoms with Gasteiger partial charge in [-0.25, -0.2) is 4.98 Å². The minimum absolute atomic E-state index is 0.000478. The summed E-state index contributed by atoms with van der Waals surface area (Å²) in [6.45, 7) is 2.82. The number of piperazine rings is 1. The first-order valence-corrected chi connectivity index (χ1v) is 10.8. The number of rotatable bonds is 5. The lowest BCUT2D eigenvalue weighted by Gasteiger charge is -2.34. The quantitative estimate of drug-likeness (QED) is 0.549. The van der Waals surface area contributed by atoms with Gasteiger partial charge in [-0.15, -0.1) is 0 Å². The minimum Gasteiger partial charge on any atom is -0.493 e. The van der Waals surface area contributed by atoms with Gasteiger partial charge in [-0.2, -0.15) is 0 Å². The molecule has 0 aliphatic carbocycles. The van der Waals surface area contributed by atoms with Crippen molar-refractivity contribution in [1.82, 2.24) is 9.88 Å². The van der Waals surface area contributed by atoms with Crippen LogP contribution in [0.25, 0.3) is 16.3 Å². The van der Waals surface area contributed by atoms with Crippen LogP contribution in [0.1, 0.15) is 5.56 Å². The predicted molar refractivity (Wildman–Crippen MR) is 122 cm³/mol. The molecule has 2 aromatic carbocycles. The number of hydrogen-bond donors (Lipinski definition) is 0. The van der Waals surface area contributed by atoms with Crippen molar-refractivity contribution in [3.8, 4) is 11.5 Å². The van der Waals surface area contributed by atoms with Crippen molar-refractivity contribution in [2.24, 2.45) is 0 Å². The topological polar surface area (TPSA) is 54.9 Å². The molecule has 0 radical (unpaired) electrons. The molecule has 1 aromatic heterocycles.